The van der Waals surface area contributed by atoms with Gasteiger partial charge in [-0.2, -0.15) is 0 Å². The summed E-state index contributed by atoms with van der Waals surface area (Å²) in [6, 6.07) is 2.81. The van der Waals surface area contributed by atoms with E-state index in [1.54, 1.807) is 31.1 Å². The van der Waals surface area contributed by atoms with Crippen LogP contribution in [0.15, 0.2) is 18.3 Å². The number of anilines is 1. The van der Waals surface area contributed by atoms with Crippen LogP contribution in [-0.2, 0) is 4.79 Å². The van der Waals surface area contributed by atoms with Crippen LogP contribution in [-0.4, -0.2) is 60.5 Å². The van der Waals surface area contributed by atoms with Gasteiger partial charge >= 0.3 is 5.82 Å². The first-order valence-electron chi connectivity index (χ1n) is 6.30. The number of aromatic nitrogens is 1. The van der Waals surface area contributed by atoms with Crippen molar-refractivity contribution in [3.8, 4) is 0 Å². The minimum Gasteiger partial charge on any atom is -0.358 e. The molecule has 1 unspecified atom stereocenters. The minimum absolute atomic E-state index is 0.0876. The zero-order valence-corrected chi connectivity index (χ0v) is 11.4. The van der Waals surface area contributed by atoms with Crippen molar-refractivity contribution in [2.75, 3.05) is 38.6 Å². The van der Waals surface area contributed by atoms with Crippen molar-refractivity contribution in [3.63, 3.8) is 0 Å². The Hall–Kier alpha value is -2.22. The second-order valence-electron chi connectivity index (χ2n) is 4.75. The van der Waals surface area contributed by atoms with Crippen LogP contribution in [0.2, 0.25) is 0 Å². The smallest absolute Gasteiger partial charge is 0.358 e. The van der Waals surface area contributed by atoms with E-state index < -0.39 is 11.0 Å². The maximum absolute atomic E-state index is 12.2. The lowest BCUT2D eigenvalue weighted by Gasteiger charge is -2.37. The number of nitro groups is 1. The minimum atomic E-state index is -0.519. The number of hydrogen-bond donors (Lipinski definition) is 1. The van der Waals surface area contributed by atoms with Gasteiger partial charge in [0.25, 0.3) is 0 Å². The molecule has 0 aromatic carbocycles. The Kier molecular flexibility index (Phi) is 4.14. The highest BCUT2D eigenvalue weighted by Gasteiger charge is 2.33. The van der Waals surface area contributed by atoms with Crippen molar-refractivity contribution < 1.29 is 9.72 Å². The summed E-state index contributed by atoms with van der Waals surface area (Å²) in [5.41, 5.74) is 0.388. The lowest BCUT2D eigenvalue weighted by Crippen LogP contribution is -2.58. The molecule has 1 amide bonds. The number of nitrogens with one attached hydrogen (secondary N) is 1. The van der Waals surface area contributed by atoms with Gasteiger partial charge in [0, 0.05) is 33.7 Å². The van der Waals surface area contributed by atoms with Crippen molar-refractivity contribution in [1.29, 1.82) is 0 Å². The van der Waals surface area contributed by atoms with Crippen LogP contribution in [0, 0.1) is 10.1 Å². The molecule has 0 spiro atoms. The van der Waals surface area contributed by atoms with E-state index in [-0.39, 0.29) is 11.7 Å². The Balaban J connectivity index is 2.38. The van der Waals surface area contributed by atoms with E-state index in [2.05, 4.69) is 10.3 Å². The van der Waals surface area contributed by atoms with E-state index in [9.17, 15) is 14.9 Å². The van der Waals surface area contributed by atoms with E-state index in [4.69, 9.17) is 0 Å². The lowest BCUT2D eigenvalue weighted by atomic mass is 10.1. The molecule has 0 bridgehead atoms. The average molecular weight is 279 g/mol. The third kappa shape index (κ3) is 2.69. The van der Waals surface area contributed by atoms with E-state index in [0.29, 0.717) is 25.3 Å². The normalized spacial score (nSPS) is 18.7. The van der Waals surface area contributed by atoms with Gasteiger partial charge in [0.2, 0.25) is 5.91 Å². The molecule has 8 nitrogen and oxygen atoms in total. The van der Waals surface area contributed by atoms with E-state index >= 15 is 0 Å². The number of carbonyl (C=O) groups is 1. The third-order valence-electron chi connectivity index (χ3n) is 3.22. The second kappa shape index (κ2) is 5.83. The van der Waals surface area contributed by atoms with Crippen molar-refractivity contribution in [3.05, 3.63) is 28.4 Å². The summed E-state index contributed by atoms with van der Waals surface area (Å²) >= 11 is 0. The Morgan fingerprint density at radius 2 is 2.35 bits per heavy atom. The van der Waals surface area contributed by atoms with Crippen LogP contribution >= 0.6 is 0 Å². The molecule has 20 heavy (non-hydrogen) atoms. The number of likely N-dealkylation sites (N-methyl/N-ethyl adjacent to an activating group) is 1. The molecule has 1 aliphatic rings. The Morgan fingerprint density at radius 3 is 3.00 bits per heavy atom. The molecule has 0 radical (unpaired) electrons. The topological polar surface area (TPSA) is 91.6 Å². The molecule has 2 rings (SSSR count). The average Bonchev–Trinajstić information content (AvgIpc) is 2.46. The number of pyridine rings is 1. The molecule has 1 aliphatic heterocycles. The molecule has 0 aliphatic carbocycles. The molecular weight excluding hydrogens is 262 g/mol. The van der Waals surface area contributed by atoms with Crippen molar-refractivity contribution in [2.24, 2.45) is 0 Å². The van der Waals surface area contributed by atoms with Gasteiger partial charge in [-0.05, 0) is 22.0 Å². The first kappa shape index (κ1) is 14.2. The van der Waals surface area contributed by atoms with Crippen LogP contribution in [0.5, 0.6) is 0 Å². The van der Waals surface area contributed by atoms with Gasteiger partial charge in [0.15, 0.2) is 0 Å². The van der Waals surface area contributed by atoms with Crippen molar-refractivity contribution >= 4 is 17.4 Å². The number of piperazine rings is 1. The van der Waals surface area contributed by atoms with Crippen LogP contribution in [0.4, 0.5) is 11.5 Å². The fourth-order valence-corrected chi connectivity index (χ4v) is 2.26. The third-order valence-corrected chi connectivity index (χ3v) is 3.22. The Bertz CT molecular complexity index is 520. The predicted octanol–water partition coefficient (Wildman–Crippen LogP) is -0.144. The van der Waals surface area contributed by atoms with Crippen molar-refractivity contribution in [2.45, 2.75) is 6.04 Å². The second-order valence-corrected chi connectivity index (χ2v) is 4.75. The molecule has 1 aromatic heterocycles. The number of amides is 1. The fraction of sp³-hybridized carbons (Fsp3) is 0.500. The number of carbonyl (C=O) groups excluding carboxylic acids is 1. The first-order valence-corrected chi connectivity index (χ1v) is 6.30. The predicted molar refractivity (Wildman–Crippen MR) is 73.6 cm³/mol. The maximum atomic E-state index is 12.2. The highest BCUT2D eigenvalue weighted by atomic mass is 16.6. The van der Waals surface area contributed by atoms with E-state index in [0.717, 1.165) is 0 Å². The van der Waals surface area contributed by atoms with Crippen LogP contribution < -0.4 is 10.2 Å². The Morgan fingerprint density at radius 1 is 1.60 bits per heavy atom. The standard InChI is InChI=1S/C12H17N5O3/c1-15(2)12(18)10-8-13-6-7-16(10)9-4-3-5-14-11(9)17(19)20/h3-5,10,13H,6-8H2,1-2H3. The SMILES string of the molecule is CN(C)C(=O)C1CNCCN1c1cccnc1[N+](=O)[O-]. The summed E-state index contributed by atoms with van der Waals surface area (Å²) in [5, 5.41) is 14.2. The highest BCUT2D eigenvalue weighted by molar-refractivity contribution is 5.86. The zero-order chi connectivity index (χ0) is 14.7. The van der Waals surface area contributed by atoms with Crippen LogP contribution in [0.1, 0.15) is 0 Å². The van der Waals surface area contributed by atoms with Gasteiger partial charge in [0.05, 0.1) is 0 Å². The van der Waals surface area contributed by atoms with Crippen LogP contribution in [0.3, 0.4) is 0 Å². The molecule has 1 atom stereocenters. The van der Waals surface area contributed by atoms with E-state index in [1.807, 2.05) is 0 Å². The summed E-state index contributed by atoms with van der Waals surface area (Å²) in [7, 11) is 3.35. The van der Waals surface area contributed by atoms with E-state index in [1.165, 1.54) is 11.1 Å². The fourth-order valence-electron chi connectivity index (χ4n) is 2.26. The maximum Gasteiger partial charge on any atom is 0.387 e. The van der Waals surface area contributed by atoms with Gasteiger partial charge in [0.1, 0.15) is 17.9 Å². The molecule has 1 N–H and O–H groups in total. The number of rotatable bonds is 3. The van der Waals surface area contributed by atoms with Gasteiger partial charge in [-0.3, -0.25) is 4.79 Å². The van der Waals surface area contributed by atoms with Crippen molar-refractivity contribution in [1.82, 2.24) is 15.2 Å². The molecular formula is C12H17N5O3. The molecule has 108 valence electrons. The quantitative estimate of drug-likeness (QED) is 0.611. The molecule has 0 saturated carbocycles. The van der Waals surface area contributed by atoms with Crippen LogP contribution in [0.25, 0.3) is 0 Å². The summed E-state index contributed by atoms with van der Waals surface area (Å²) in [6.45, 7) is 1.66. The molecule has 2 heterocycles. The molecule has 8 heteroatoms. The van der Waals surface area contributed by atoms with Gasteiger partial charge in [-0.25, -0.2) is 0 Å². The largest absolute Gasteiger partial charge is 0.387 e. The van der Waals surface area contributed by atoms with Gasteiger partial charge in [-0.15, -0.1) is 0 Å². The summed E-state index contributed by atoms with van der Waals surface area (Å²) in [5.74, 6) is -0.304. The summed E-state index contributed by atoms with van der Waals surface area (Å²) in [4.78, 5) is 29.8. The summed E-state index contributed by atoms with van der Waals surface area (Å²) in [6.07, 6.45) is 1.38. The summed E-state index contributed by atoms with van der Waals surface area (Å²) < 4.78 is 0. The number of nitrogens with zero attached hydrogens (tertiary/aromatic N) is 4. The molecule has 1 fully saturated rings. The monoisotopic (exact) mass is 279 g/mol. The zero-order valence-electron chi connectivity index (χ0n) is 11.4. The van der Waals surface area contributed by atoms with Gasteiger partial charge in [-0.1, -0.05) is 0 Å². The molecule has 1 saturated heterocycles. The lowest BCUT2D eigenvalue weighted by molar-refractivity contribution is -0.388. The van der Waals surface area contributed by atoms with Gasteiger partial charge < -0.3 is 25.2 Å². The highest BCUT2D eigenvalue weighted by Crippen LogP contribution is 2.27. The Labute approximate surface area is 116 Å². The molecule has 1 aromatic rings. The first-order chi connectivity index (χ1) is 9.52. The number of hydrogen-bond acceptors (Lipinski definition) is 6.